The quantitative estimate of drug-likeness (QED) is 0.299. The highest BCUT2D eigenvalue weighted by molar-refractivity contribution is 6.31. The van der Waals surface area contributed by atoms with E-state index in [4.69, 9.17) is 21.1 Å². The van der Waals surface area contributed by atoms with Crippen molar-refractivity contribution >= 4 is 40.0 Å². The smallest absolute Gasteiger partial charge is 0.417 e. The number of benzene rings is 2. The number of rotatable bonds is 5. The fourth-order valence-corrected chi connectivity index (χ4v) is 4.11. The van der Waals surface area contributed by atoms with Gasteiger partial charge in [-0.15, -0.1) is 0 Å². The van der Waals surface area contributed by atoms with Gasteiger partial charge in [-0.3, -0.25) is 0 Å². The fourth-order valence-electron chi connectivity index (χ4n) is 3.88. The molecule has 1 aliphatic rings. The van der Waals surface area contributed by atoms with Crippen molar-refractivity contribution in [3.05, 3.63) is 65.6 Å². The molecule has 4 aromatic rings. The lowest BCUT2D eigenvalue weighted by molar-refractivity contribution is -0.137. The summed E-state index contributed by atoms with van der Waals surface area (Å²) in [6.45, 7) is 0.674. The van der Waals surface area contributed by atoms with E-state index in [0.29, 0.717) is 35.0 Å². The van der Waals surface area contributed by atoms with Crippen LogP contribution >= 0.6 is 11.6 Å². The zero-order valence-corrected chi connectivity index (χ0v) is 19.9. The van der Waals surface area contributed by atoms with Gasteiger partial charge in [-0.2, -0.15) is 18.3 Å². The number of hydrogen-bond donors (Lipinski definition) is 2. The summed E-state index contributed by atoms with van der Waals surface area (Å²) in [7, 11) is 0. The van der Waals surface area contributed by atoms with E-state index in [-0.39, 0.29) is 11.9 Å². The van der Waals surface area contributed by atoms with E-state index >= 15 is 0 Å². The van der Waals surface area contributed by atoms with Gasteiger partial charge in [0.1, 0.15) is 17.5 Å². The number of hydrogen-bond acceptors (Lipinski definition) is 6. The van der Waals surface area contributed by atoms with E-state index in [1.807, 2.05) is 0 Å². The third kappa shape index (κ3) is 5.59. The Labute approximate surface area is 213 Å². The van der Waals surface area contributed by atoms with Gasteiger partial charge >= 0.3 is 12.2 Å². The second kappa shape index (κ2) is 10.2. The minimum Gasteiger partial charge on any atom is -0.438 e. The van der Waals surface area contributed by atoms with Crippen molar-refractivity contribution in [2.24, 2.45) is 0 Å². The van der Waals surface area contributed by atoms with Crippen LogP contribution in [0.15, 0.2) is 55.0 Å². The highest BCUT2D eigenvalue weighted by Crippen LogP contribution is 2.36. The minimum atomic E-state index is -4.64. The second-order valence-corrected chi connectivity index (χ2v) is 8.63. The van der Waals surface area contributed by atoms with Crippen LogP contribution in [-0.2, 0) is 10.9 Å². The number of nitrogens with zero attached hydrogens (tertiary/aromatic N) is 4. The molecule has 1 unspecified atom stereocenters. The molecule has 3 heterocycles. The molecule has 0 bridgehead atoms. The molecule has 2 amide bonds. The summed E-state index contributed by atoms with van der Waals surface area (Å²) >= 11 is 5.61. The SMILES string of the molecule is O=C(Nc1ccc(Oc2ncnc3c2cnn3C2CCCCO2)cc1)Nc1ccc(Cl)c(C(F)(F)F)c1. The molecule has 37 heavy (non-hydrogen) atoms. The number of aromatic nitrogens is 4. The first-order valence-corrected chi connectivity index (χ1v) is 11.7. The predicted molar refractivity (Wildman–Crippen MR) is 130 cm³/mol. The third-order valence-corrected chi connectivity index (χ3v) is 5.97. The Morgan fingerprint density at radius 3 is 2.57 bits per heavy atom. The van der Waals surface area contributed by atoms with Crippen molar-refractivity contribution in [1.29, 1.82) is 0 Å². The van der Waals surface area contributed by atoms with Gasteiger partial charge in [0.2, 0.25) is 5.88 Å². The van der Waals surface area contributed by atoms with Crippen LogP contribution in [0.5, 0.6) is 11.6 Å². The Hall–Kier alpha value is -3.90. The number of carbonyl (C=O) groups excluding carboxylic acids is 1. The average Bonchev–Trinajstić information content (AvgIpc) is 3.31. The monoisotopic (exact) mass is 532 g/mol. The van der Waals surface area contributed by atoms with E-state index in [2.05, 4.69) is 25.7 Å². The number of urea groups is 1. The van der Waals surface area contributed by atoms with Crippen LogP contribution in [0.2, 0.25) is 5.02 Å². The fraction of sp³-hybridized carbons (Fsp3) is 0.250. The predicted octanol–water partition coefficient (Wildman–Crippen LogP) is 6.63. The Bertz CT molecular complexity index is 1420. The lowest BCUT2D eigenvalue weighted by atomic mass is 10.2. The number of anilines is 2. The summed E-state index contributed by atoms with van der Waals surface area (Å²) in [5, 5.41) is 9.49. The standard InChI is InChI=1S/C24H20ClF3N6O3/c25-19-9-6-15(11-18(19)24(26,27)28)33-23(35)32-14-4-7-16(8-5-14)37-22-17-12-31-34(21(17)29-13-30-22)20-3-1-2-10-36-20/h4-9,11-13,20H,1-3,10H2,(H2,32,33,35). The lowest BCUT2D eigenvalue weighted by Crippen LogP contribution is -2.19. The largest absolute Gasteiger partial charge is 0.438 e. The van der Waals surface area contributed by atoms with Gasteiger partial charge in [-0.25, -0.2) is 19.4 Å². The highest BCUT2D eigenvalue weighted by Gasteiger charge is 2.33. The van der Waals surface area contributed by atoms with E-state index < -0.39 is 22.8 Å². The molecule has 1 atom stereocenters. The summed E-state index contributed by atoms with van der Waals surface area (Å²) in [5.41, 5.74) is -0.0991. The Morgan fingerprint density at radius 1 is 1.08 bits per heavy atom. The zero-order valence-electron chi connectivity index (χ0n) is 19.1. The number of alkyl halides is 3. The molecular weight excluding hydrogens is 513 g/mol. The lowest BCUT2D eigenvalue weighted by Gasteiger charge is -2.22. The van der Waals surface area contributed by atoms with E-state index in [1.165, 1.54) is 12.4 Å². The molecule has 2 aromatic carbocycles. The maximum absolute atomic E-state index is 13.0. The molecule has 1 saturated heterocycles. The van der Waals surface area contributed by atoms with Gasteiger partial charge < -0.3 is 20.1 Å². The molecule has 0 saturated carbocycles. The number of halogens is 4. The van der Waals surface area contributed by atoms with Crippen molar-refractivity contribution in [1.82, 2.24) is 19.7 Å². The van der Waals surface area contributed by atoms with Crippen molar-refractivity contribution in [3.63, 3.8) is 0 Å². The van der Waals surface area contributed by atoms with E-state index in [1.54, 1.807) is 35.1 Å². The van der Waals surface area contributed by atoms with Gasteiger partial charge in [0.05, 0.1) is 16.8 Å². The molecule has 2 aromatic heterocycles. The second-order valence-electron chi connectivity index (χ2n) is 8.22. The van der Waals surface area contributed by atoms with Gasteiger partial charge in [-0.1, -0.05) is 11.6 Å². The molecule has 0 spiro atoms. The summed E-state index contributed by atoms with van der Waals surface area (Å²) in [6.07, 6.45) is 1.11. The number of ether oxygens (including phenoxy) is 2. The molecule has 0 aliphatic carbocycles. The molecule has 1 aliphatic heterocycles. The van der Waals surface area contributed by atoms with Crippen molar-refractivity contribution in [2.45, 2.75) is 31.7 Å². The molecule has 0 radical (unpaired) electrons. The summed E-state index contributed by atoms with van der Waals surface area (Å²) in [4.78, 5) is 20.8. The van der Waals surface area contributed by atoms with Gasteiger partial charge in [-0.05, 0) is 61.7 Å². The van der Waals surface area contributed by atoms with E-state index in [9.17, 15) is 18.0 Å². The summed E-state index contributed by atoms with van der Waals surface area (Å²) in [6, 6.07) is 8.78. The van der Waals surface area contributed by atoms with Crippen LogP contribution < -0.4 is 15.4 Å². The minimum absolute atomic E-state index is 0.0545. The normalized spacial score (nSPS) is 15.9. The summed E-state index contributed by atoms with van der Waals surface area (Å²) < 4.78 is 52.6. The number of fused-ring (bicyclic) bond motifs is 1. The van der Waals surface area contributed by atoms with Crippen LogP contribution in [0.1, 0.15) is 31.1 Å². The molecule has 2 N–H and O–H groups in total. The Kier molecular flexibility index (Phi) is 6.85. The third-order valence-electron chi connectivity index (χ3n) is 5.64. The first-order chi connectivity index (χ1) is 17.8. The van der Waals surface area contributed by atoms with Crippen LogP contribution in [-0.4, -0.2) is 32.4 Å². The van der Waals surface area contributed by atoms with E-state index in [0.717, 1.165) is 31.4 Å². The first kappa shape index (κ1) is 24.8. The zero-order chi connectivity index (χ0) is 26.0. The van der Waals surface area contributed by atoms with Gasteiger partial charge in [0.15, 0.2) is 11.9 Å². The maximum Gasteiger partial charge on any atom is 0.417 e. The average molecular weight is 533 g/mol. The molecule has 5 rings (SSSR count). The van der Waals surface area contributed by atoms with Crippen LogP contribution in [0, 0.1) is 0 Å². The number of amides is 2. The van der Waals surface area contributed by atoms with Crippen LogP contribution in [0.25, 0.3) is 11.0 Å². The topological polar surface area (TPSA) is 103 Å². The highest BCUT2D eigenvalue weighted by atomic mass is 35.5. The summed E-state index contributed by atoms with van der Waals surface area (Å²) in [5.74, 6) is 0.758. The Balaban J connectivity index is 1.24. The van der Waals surface area contributed by atoms with Gasteiger partial charge in [0, 0.05) is 18.0 Å². The maximum atomic E-state index is 13.0. The molecule has 13 heteroatoms. The van der Waals surface area contributed by atoms with Crippen LogP contribution in [0.4, 0.5) is 29.3 Å². The number of carbonyl (C=O) groups is 1. The first-order valence-electron chi connectivity index (χ1n) is 11.3. The van der Waals surface area contributed by atoms with Crippen LogP contribution in [0.3, 0.4) is 0 Å². The van der Waals surface area contributed by atoms with Crippen molar-refractivity contribution in [3.8, 4) is 11.6 Å². The van der Waals surface area contributed by atoms with Crippen molar-refractivity contribution < 1.29 is 27.4 Å². The molecule has 1 fully saturated rings. The van der Waals surface area contributed by atoms with Crippen molar-refractivity contribution in [2.75, 3.05) is 17.2 Å². The molecule has 9 nitrogen and oxygen atoms in total. The van der Waals surface area contributed by atoms with Gasteiger partial charge in [0.25, 0.3) is 0 Å². The molecule has 192 valence electrons. The molecular formula is C24H20ClF3N6O3. The Morgan fingerprint density at radius 2 is 1.84 bits per heavy atom. The number of nitrogens with one attached hydrogen (secondary N) is 2.